The molecule has 0 heterocycles. The lowest BCUT2D eigenvalue weighted by atomic mass is 9.97. The fourth-order valence-electron chi connectivity index (χ4n) is 3.69. The van der Waals surface area contributed by atoms with Crippen LogP contribution in [0.2, 0.25) is 0 Å². The van der Waals surface area contributed by atoms with E-state index in [1.807, 2.05) is 26.8 Å². The standard InChI is InChI=1S/C25H34Cl2O3/c1-17-10-11-22(26)21(23(27)12-17)15-18-8-6-7-9-19(14-20(13-18)29-5)16-24(28)30-25(2,3)4/h9,11,15,20H,1,6-8,10,12-14,16H2,2-5H3. The van der Waals surface area contributed by atoms with Gasteiger partial charge < -0.3 is 9.47 Å². The van der Waals surface area contributed by atoms with E-state index in [0.717, 1.165) is 53.9 Å². The fourth-order valence-corrected chi connectivity index (χ4v) is 4.33. The normalized spacial score (nSPS) is 23.2. The van der Waals surface area contributed by atoms with E-state index in [0.29, 0.717) is 24.3 Å². The van der Waals surface area contributed by atoms with Gasteiger partial charge in [-0.1, -0.05) is 64.7 Å². The number of ether oxygens (including phenoxy) is 2. The first kappa shape index (κ1) is 25.0. The molecular weight excluding hydrogens is 419 g/mol. The van der Waals surface area contributed by atoms with Crippen LogP contribution in [0.5, 0.6) is 0 Å². The number of hydrogen-bond donors (Lipinski definition) is 0. The van der Waals surface area contributed by atoms with Crippen LogP contribution in [0.25, 0.3) is 0 Å². The second-order valence-corrected chi connectivity index (χ2v) is 9.95. The molecule has 0 N–H and O–H groups in total. The summed E-state index contributed by atoms with van der Waals surface area (Å²) in [4.78, 5) is 12.3. The summed E-state index contributed by atoms with van der Waals surface area (Å²) in [6.07, 6.45) is 12.3. The number of carbonyl (C=O) groups excluding carboxylic acids is 1. The number of methoxy groups -OCH3 is 1. The van der Waals surface area contributed by atoms with Gasteiger partial charge in [0, 0.05) is 29.2 Å². The van der Waals surface area contributed by atoms with Gasteiger partial charge in [0.05, 0.1) is 12.5 Å². The topological polar surface area (TPSA) is 35.5 Å². The Balaban J connectivity index is 2.16. The molecular formula is C25H34Cl2O3. The van der Waals surface area contributed by atoms with Gasteiger partial charge in [0.25, 0.3) is 0 Å². The summed E-state index contributed by atoms with van der Waals surface area (Å²) in [7, 11) is 1.72. The average Bonchev–Trinajstić information content (AvgIpc) is 2.70. The van der Waals surface area contributed by atoms with E-state index in [9.17, 15) is 4.79 Å². The Labute approximate surface area is 191 Å². The Morgan fingerprint density at radius 3 is 2.67 bits per heavy atom. The molecule has 2 rings (SSSR count). The first-order valence-corrected chi connectivity index (χ1v) is 11.4. The third kappa shape index (κ3) is 8.45. The van der Waals surface area contributed by atoms with E-state index in [1.54, 1.807) is 7.11 Å². The van der Waals surface area contributed by atoms with Crippen molar-refractivity contribution in [3.8, 4) is 0 Å². The quantitative estimate of drug-likeness (QED) is 0.326. The van der Waals surface area contributed by atoms with Gasteiger partial charge in [-0.2, -0.15) is 0 Å². The summed E-state index contributed by atoms with van der Waals surface area (Å²) >= 11 is 13.1. The molecule has 3 nitrogen and oxygen atoms in total. The van der Waals surface area contributed by atoms with Crippen molar-refractivity contribution >= 4 is 29.2 Å². The van der Waals surface area contributed by atoms with Crippen molar-refractivity contribution in [2.24, 2.45) is 0 Å². The van der Waals surface area contributed by atoms with Crippen LogP contribution in [0.4, 0.5) is 0 Å². The molecule has 5 heteroatoms. The molecule has 0 saturated heterocycles. The zero-order chi connectivity index (χ0) is 22.3. The third-order valence-electron chi connectivity index (χ3n) is 5.11. The Bertz CT molecular complexity index is 779. The summed E-state index contributed by atoms with van der Waals surface area (Å²) in [6, 6.07) is 0. The fraction of sp³-hybridized carbons (Fsp3) is 0.560. The van der Waals surface area contributed by atoms with Gasteiger partial charge in [-0.05, 0) is 59.3 Å². The van der Waals surface area contributed by atoms with E-state index in [4.69, 9.17) is 32.7 Å². The molecule has 0 bridgehead atoms. The molecule has 0 aliphatic heterocycles. The minimum atomic E-state index is -0.476. The van der Waals surface area contributed by atoms with Crippen molar-refractivity contribution in [1.82, 2.24) is 0 Å². The Morgan fingerprint density at radius 1 is 1.27 bits per heavy atom. The van der Waals surface area contributed by atoms with Crippen LogP contribution in [0.3, 0.4) is 0 Å². The van der Waals surface area contributed by atoms with Crippen LogP contribution in [0.1, 0.15) is 72.1 Å². The maximum absolute atomic E-state index is 12.3. The average molecular weight is 453 g/mol. The smallest absolute Gasteiger partial charge is 0.310 e. The van der Waals surface area contributed by atoms with E-state index in [-0.39, 0.29) is 12.1 Å². The van der Waals surface area contributed by atoms with Gasteiger partial charge in [0.2, 0.25) is 0 Å². The largest absolute Gasteiger partial charge is 0.460 e. The zero-order valence-corrected chi connectivity index (χ0v) is 20.2. The number of allylic oxidation sites excluding steroid dienone is 7. The van der Waals surface area contributed by atoms with Crippen LogP contribution < -0.4 is 0 Å². The minimum absolute atomic E-state index is 0.00842. The molecule has 30 heavy (non-hydrogen) atoms. The summed E-state index contributed by atoms with van der Waals surface area (Å²) in [5.74, 6) is -0.189. The minimum Gasteiger partial charge on any atom is -0.460 e. The monoisotopic (exact) mass is 452 g/mol. The Hall–Kier alpha value is -1.29. The number of carbonyl (C=O) groups is 1. The van der Waals surface area contributed by atoms with Crippen LogP contribution in [-0.2, 0) is 14.3 Å². The molecule has 0 fully saturated rings. The molecule has 0 aromatic carbocycles. The molecule has 0 saturated carbocycles. The second kappa shape index (κ2) is 11.4. The van der Waals surface area contributed by atoms with Crippen LogP contribution in [0.15, 0.2) is 57.2 Å². The van der Waals surface area contributed by atoms with Crippen molar-refractivity contribution < 1.29 is 14.3 Å². The predicted molar refractivity (Wildman–Crippen MR) is 126 cm³/mol. The predicted octanol–water partition coefficient (Wildman–Crippen LogP) is 7.52. The molecule has 0 radical (unpaired) electrons. The Kier molecular flexibility index (Phi) is 9.46. The lowest BCUT2D eigenvalue weighted by molar-refractivity contribution is -0.154. The number of halogens is 2. The molecule has 2 aliphatic carbocycles. The van der Waals surface area contributed by atoms with Crippen LogP contribution in [-0.4, -0.2) is 24.8 Å². The maximum atomic E-state index is 12.3. The van der Waals surface area contributed by atoms with Gasteiger partial charge in [-0.25, -0.2) is 0 Å². The molecule has 2 aliphatic rings. The van der Waals surface area contributed by atoms with Crippen LogP contribution >= 0.6 is 23.2 Å². The van der Waals surface area contributed by atoms with Crippen molar-refractivity contribution in [3.05, 3.63) is 57.2 Å². The van der Waals surface area contributed by atoms with Gasteiger partial charge in [0.15, 0.2) is 0 Å². The van der Waals surface area contributed by atoms with E-state index >= 15 is 0 Å². The number of hydrogen-bond acceptors (Lipinski definition) is 3. The molecule has 1 atom stereocenters. The summed E-state index contributed by atoms with van der Waals surface area (Å²) < 4.78 is 11.3. The molecule has 0 spiro atoms. The third-order valence-corrected chi connectivity index (χ3v) is 5.81. The van der Waals surface area contributed by atoms with Crippen molar-refractivity contribution in [1.29, 1.82) is 0 Å². The van der Waals surface area contributed by atoms with Crippen molar-refractivity contribution in [2.75, 3.05) is 7.11 Å². The first-order chi connectivity index (χ1) is 14.1. The molecule has 1 unspecified atom stereocenters. The molecule has 0 aromatic heterocycles. The highest BCUT2D eigenvalue weighted by Crippen LogP contribution is 2.35. The van der Waals surface area contributed by atoms with Gasteiger partial charge in [0.1, 0.15) is 5.60 Å². The molecule has 166 valence electrons. The highest BCUT2D eigenvalue weighted by molar-refractivity contribution is 6.36. The number of esters is 1. The van der Waals surface area contributed by atoms with Crippen molar-refractivity contribution in [2.45, 2.75) is 83.8 Å². The van der Waals surface area contributed by atoms with Crippen molar-refractivity contribution in [3.63, 3.8) is 0 Å². The lowest BCUT2D eigenvalue weighted by Crippen LogP contribution is -2.24. The summed E-state index contributed by atoms with van der Waals surface area (Å²) in [6.45, 7) is 9.72. The van der Waals surface area contributed by atoms with Gasteiger partial charge in [-0.3, -0.25) is 4.79 Å². The molecule has 0 aromatic rings. The SMILES string of the molecule is C=C1CC=C(Cl)C(C=C2CCCC=C(CC(=O)OC(C)(C)C)CC(OC)C2)=C(Cl)C1. The second-order valence-electron chi connectivity index (χ2n) is 9.09. The van der Waals surface area contributed by atoms with E-state index in [2.05, 4.69) is 18.7 Å². The Morgan fingerprint density at radius 2 is 2.00 bits per heavy atom. The highest BCUT2D eigenvalue weighted by atomic mass is 35.5. The first-order valence-electron chi connectivity index (χ1n) is 10.6. The van der Waals surface area contributed by atoms with Gasteiger partial charge in [-0.15, -0.1) is 0 Å². The summed E-state index contributed by atoms with van der Waals surface area (Å²) in [5.41, 5.74) is 3.82. The van der Waals surface area contributed by atoms with Gasteiger partial charge >= 0.3 is 5.97 Å². The molecule has 0 amide bonds. The number of rotatable bonds is 4. The van der Waals surface area contributed by atoms with E-state index < -0.39 is 5.60 Å². The zero-order valence-electron chi connectivity index (χ0n) is 18.7. The highest BCUT2D eigenvalue weighted by Gasteiger charge is 2.21. The lowest BCUT2D eigenvalue weighted by Gasteiger charge is -2.21. The summed E-state index contributed by atoms with van der Waals surface area (Å²) in [5, 5.41) is 1.42. The van der Waals surface area contributed by atoms with Crippen LogP contribution in [0, 0.1) is 0 Å². The van der Waals surface area contributed by atoms with E-state index in [1.165, 1.54) is 5.57 Å². The maximum Gasteiger partial charge on any atom is 0.310 e.